The van der Waals surface area contributed by atoms with Crippen LogP contribution in [0.2, 0.25) is 0 Å². The van der Waals surface area contributed by atoms with E-state index in [9.17, 15) is 4.39 Å². The minimum Gasteiger partial charge on any atom is -0.437 e. The molecule has 180 valence electrons. The zero-order chi connectivity index (χ0) is 23.8. The highest BCUT2D eigenvalue weighted by Crippen LogP contribution is 2.43. The average molecular weight is 474 g/mol. The van der Waals surface area contributed by atoms with E-state index in [-0.39, 0.29) is 5.82 Å². The maximum Gasteiger partial charge on any atom is 0.232 e. The highest BCUT2D eigenvalue weighted by Gasteiger charge is 2.26. The number of hydrogen-bond acceptors (Lipinski definition) is 7. The van der Waals surface area contributed by atoms with Crippen molar-refractivity contribution in [2.45, 2.75) is 0 Å². The van der Waals surface area contributed by atoms with Gasteiger partial charge in [-0.2, -0.15) is 0 Å². The molecule has 0 N–H and O–H groups in total. The van der Waals surface area contributed by atoms with Gasteiger partial charge in [0.2, 0.25) is 5.71 Å². The fourth-order valence-electron chi connectivity index (χ4n) is 4.92. The van der Waals surface area contributed by atoms with E-state index in [2.05, 4.69) is 56.0 Å². The van der Waals surface area contributed by atoms with Gasteiger partial charge >= 0.3 is 0 Å². The van der Waals surface area contributed by atoms with E-state index in [1.165, 1.54) is 12.1 Å². The lowest BCUT2D eigenvalue weighted by molar-refractivity contribution is 0.122. The van der Waals surface area contributed by atoms with Crippen LogP contribution in [-0.2, 0) is 4.74 Å². The van der Waals surface area contributed by atoms with E-state index in [4.69, 9.17) is 9.15 Å². The molecule has 2 aliphatic heterocycles. The van der Waals surface area contributed by atoms with Gasteiger partial charge in [-0.25, -0.2) is 14.4 Å². The van der Waals surface area contributed by atoms with E-state index < -0.39 is 0 Å². The molecule has 8 heteroatoms. The average Bonchev–Trinajstić information content (AvgIpc) is 3.30. The van der Waals surface area contributed by atoms with Crippen molar-refractivity contribution < 1.29 is 13.5 Å². The Balaban J connectivity index is 1.48. The van der Waals surface area contributed by atoms with Crippen LogP contribution >= 0.6 is 0 Å². The van der Waals surface area contributed by atoms with Gasteiger partial charge in [-0.15, -0.1) is 0 Å². The Morgan fingerprint density at radius 2 is 1.46 bits per heavy atom. The van der Waals surface area contributed by atoms with Crippen LogP contribution in [0.4, 0.5) is 15.9 Å². The normalized spacial score (nSPS) is 17.3. The first-order valence-electron chi connectivity index (χ1n) is 12.1. The standard InChI is InChI=1S/C27H28FN5O2/c1-31-10-12-33(13-11-31)26-24-23(19-2-6-21(28)7-3-19)25(35-27(24)30-18-29-26)20-4-8-22(9-5-20)32-14-16-34-17-15-32/h2-9,18H,10-17H2,1H3. The first-order valence-corrected chi connectivity index (χ1v) is 12.1. The topological polar surface area (TPSA) is 57.9 Å². The number of aromatic nitrogens is 2. The van der Waals surface area contributed by atoms with E-state index in [0.29, 0.717) is 5.71 Å². The second-order valence-electron chi connectivity index (χ2n) is 9.13. The zero-order valence-electron chi connectivity index (χ0n) is 19.8. The molecule has 7 nitrogen and oxygen atoms in total. The van der Waals surface area contributed by atoms with Gasteiger partial charge in [0.1, 0.15) is 23.7 Å². The van der Waals surface area contributed by atoms with Gasteiger partial charge in [-0.1, -0.05) is 12.1 Å². The van der Waals surface area contributed by atoms with Crippen molar-refractivity contribution >= 4 is 22.6 Å². The van der Waals surface area contributed by atoms with Crippen molar-refractivity contribution in [3.8, 4) is 22.5 Å². The van der Waals surface area contributed by atoms with Crippen molar-refractivity contribution in [3.63, 3.8) is 0 Å². The van der Waals surface area contributed by atoms with E-state index in [1.807, 2.05) is 0 Å². The minimum atomic E-state index is -0.270. The Bertz CT molecular complexity index is 1310. The summed E-state index contributed by atoms with van der Waals surface area (Å²) < 4.78 is 25.7. The third-order valence-corrected chi connectivity index (χ3v) is 6.91. The van der Waals surface area contributed by atoms with E-state index >= 15 is 0 Å². The van der Waals surface area contributed by atoms with Crippen LogP contribution in [0.15, 0.2) is 59.3 Å². The molecule has 4 aromatic rings. The first-order chi connectivity index (χ1) is 17.2. The number of likely N-dealkylation sites (N-methyl/N-ethyl adjacent to an activating group) is 1. The molecule has 2 fully saturated rings. The lowest BCUT2D eigenvalue weighted by atomic mass is 9.98. The lowest BCUT2D eigenvalue weighted by Crippen LogP contribution is -2.44. The monoisotopic (exact) mass is 473 g/mol. The first kappa shape index (κ1) is 22.0. The third-order valence-electron chi connectivity index (χ3n) is 6.91. The summed E-state index contributed by atoms with van der Waals surface area (Å²) in [6.45, 7) is 6.93. The quantitative estimate of drug-likeness (QED) is 0.438. The number of piperazine rings is 1. The number of hydrogen-bond donors (Lipinski definition) is 0. The van der Waals surface area contributed by atoms with Gasteiger partial charge in [-0.05, 0) is 49.0 Å². The van der Waals surface area contributed by atoms with Gasteiger partial charge < -0.3 is 23.9 Å². The molecule has 2 aromatic heterocycles. The van der Waals surface area contributed by atoms with Gasteiger partial charge in [0.15, 0.2) is 0 Å². The summed E-state index contributed by atoms with van der Waals surface area (Å²) in [7, 11) is 2.13. The van der Waals surface area contributed by atoms with Crippen molar-refractivity contribution in [2.24, 2.45) is 0 Å². The predicted octanol–water partition coefficient (Wildman–Crippen LogP) is 4.28. The molecule has 0 atom stereocenters. The van der Waals surface area contributed by atoms with Crippen molar-refractivity contribution in [1.29, 1.82) is 0 Å². The molecular weight excluding hydrogens is 445 g/mol. The van der Waals surface area contributed by atoms with E-state index in [0.717, 1.165) is 91.8 Å². The molecule has 0 saturated carbocycles. The second kappa shape index (κ2) is 9.28. The minimum absolute atomic E-state index is 0.270. The number of fused-ring (bicyclic) bond motifs is 1. The van der Waals surface area contributed by atoms with Crippen LogP contribution in [0.25, 0.3) is 33.6 Å². The molecule has 4 heterocycles. The number of furan rings is 1. The summed E-state index contributed by atoms with van der Waals surface area (Å²) >= 11 is 0. The Hall–Kier alpha value is -3.49. The summed E-state index contributed by atoms with van der Waals surface area (Å²) in [4.78, 5) is 16.1. The summed E-state index contributed by atoms with van der Waals surface area (Å²) in [5.74, 6) is 1.31. The summed E-state index contributed by atoms with van der Waals surface area (Å²) in [6.07, 6.45) is 1.57. The van der Waals surface area contributed by atoms with Crippen LogP contribution in [0.1, 0.15) is 0 Å². The summed E-state index contributed by atoms with van der Waals surface area (Å²) in [5, 5.41) is 0.871. The molecule has 2 aliphatic rings. The Labute approximate surface area is 203 Å². The van der Waals surface area contributed by atoms with Crippen LogP contribution < -0.4 is 9.80 Å². The van der Waals surface area contributed by atoms with Crippen LogP contribution in [0, 0.1) is 5.82 Å². The summed E-state index contributed by atoms with van der Waals surface area (Å²) in [6, 6.07) is 15.0. The lowest BCUT2D eigenvalue weighted by Gasteiger charge is -2.33. The molecule has 0 spiro atoms. The number of benzene rings is 2. The molecule has 6 rings (SSSR count). The largest absolute Gasteiger partial charge is 0.437 e. The fraction of sp³-hybridized carbons (Fsp3) is 0.333. The van der Waals surface area contributed by atoms with Crippen molar-refractivity contribution in [1.82, 2.24) is 14.9 Å². The Morgan fingerprint density at radius 1 is 0.771 bits per heavy atom. The molecule has 35 heavy (non-hydrogen) atoms. The van der Waals surface area contributed by atoms with Gasteiger partial charge in [0.25, 0.3) is 0 Å². The Morgan fingerprint density at radius 3 is 2.17 bits per heavy atom. The SMILES string of the molecule is CN1CCN(c2ncnc3oc(-c4ccc(N5CCOCC5)cc4)c(-c4ccc(F)cc4)c23)CC1. The van der Waals surface area contributed by atoms with Gasteiger partial charge in [0, 0.05) is 56.1 Å². The van der Waals surface area contributed by atoms with Crippen molar-refractivity contribution in [2.75, 3.05) is 69.3 Å². The molecule has 0 unspecified atom stereocenters. The van der Waals surface area contributed by atoms with Gasteiger partial charge in [-0.3, -0.25) is 0 Å². The molecule has 0 bridgehead atoms. The van der Waals surface area contributed by atoms with E-state index in [1.54, 1.807) is 18.5 Å². The van der Waals surface area contributed by atoms with Crippen LogP contribution in [0.5, 0.6) is 0 Å². The number of ether oxygens (including phenoxy) is 1. The Kier molecular flexibility index (Phi) is 5.83. The predicted molar refractivity (Wildman–Crippen MR) is 135 cm³/mol. The summed E-state index contributed by atoms with van der Waals surface area (Å²) in [5.41, 5.74) is 4.43. The maximum atomic E-state index is 13.8. The third kappa shape index (κ3) is 4.24. The smallest absolute Gasteiger partial charge is 0.232 e. The highest BCUT2D eigenvalue weighted by atomic mass is 19.1. The highest BCUT2D eigenvalue weighted by molar-refractivity contribution is 6.06. The number of rotatable bonds is 4. The maximum absolute atomic E-state index is 13.8. The van der Waals surface area contributed by atoms with Crippen LogP contribution in [-0.4, -0.2) is 74.4 Å². The molecule has 0 aliphatic carbocycles. The molecule has 2 saturated heterocycles. The molecular formula is C27H28FN5O2. The number of halogens is 1. The number of anilines is 2. The van der Waals surface area contributed by atoms with Gasteiger partial charge in [0.05, 0.1) is 18.6 Å². The fourth-order valence-corrected chi connectivity index (χ4v) is 4.92. The van der Waals surface area contributed by atoms with Crippen LogP contribution in [0.3, 0.4) is 0 Å². The number of nitrogens with zero attached hydrogens (tertiary/aromatic N) is 5. The van der Waals surface area contributed by atoms with Crippen molar-refractivity contribution in [3.05, 3.63) is 60.7 Å². The zero-order valence-corrected chi connectivity index (χ0v) is 19.8. The second-order valence-corrected chi connectivity index (χ2v) is 9.13. The molecule has 0 amide bonds. The number of morpholine rings is 1. The molecule has 2 aromatic carbocycles. The molecule has 0 radical (unpaired) electrons.